The van der Waals surface area contributed by atoms with Gasteiger partial charge in [0.1, 0.15) is 5.94 Å². The van der Waals surface area contributed by atoms with Crippen LogP contribution in [0.15, 0.2) is 0 Å². The van der Waals surface area contributed by atoms with E-state index in [4.69, 9.17) is 41.8 Å². The van der Waals surface area contributed by atoms with Gasteiger partial charge < -0.3 is 33.5 Å². The Hall–Kier alpha value is 0.720. The Labute approximate surface area is 222 Å². The molecule has 0 radical (unpaired) electrons. The van der Waals surface area contributed by atoms with Gasteiger partial charge >= 0.3 is 15.6 Å². The highest BCUT2D eigenvalue weighted by atomic mass is 33.1. The number of ether oxygens (including phenoxy) is 5. The molecule has 0 aliphatic rings. The molecule has 0 aromatic rings. The van der Waals surface area contributed by atoms with E-state index in [0.29, 0.717) is 52.9 Å². The fourth-order valence-corrected chi connectivity index (χ4v) is 5.48. The highest BCUT2D eigenvalue weighted by Gasteiger charge is 2.28. The van der Waals surface area contributed by atoms with Gasteiger partial charge in [-0.25, -0.2) is 9.13 Å². The Morgan fingerprint density at radius 1 is 0.583 bits per heavy atom. The minimum Gasteiger partial charge on any atom is -0.377 e. The zero-order chi connectivity index (χ0) is 27.2. The number of hydrogen-bond acceptors (Lipinski definition) is 13. The molecule has 0 amide bonds. The lowest BCUT2D eigenvalue weighted by molar-refractivity contribution is -0.0162. The van der Waals surface area contributed by atoms with Crippen molar-refractivity contribution in [3.63, 3.8) is 0 Å². The molecular weight excluding hydrogens is 562 g/mol. The molecule has 0 saturated heterocycles. The molecule has 0 rings (SSSR count). The summed E-state index contributed by atoms with van der Waals surface area (Å²) in [5.41, 5.74) is -0.781. The molecule has 0 heterocycles. The van der Waals surface area contributed by atoms with Gasteiger partial charge in [0.2, 0.25) is 0 Å². The van der Waals surface area contributed by atoms with Crippen LogP contribution in [0.4, 0.5) is 0 Å². The second kappa shape index (κ2) is 22.5. The molecule has 2 N–H and O–H groups in total. The summed E-state index contributed by atoms with van der Waals surface area (Å²) in [5.74, 6) is 0.955. The molecule has 0 aliphatic carbocycles. The third kappa shape index (κ3) is 27.7. The molecule has 0 aliphatic heterocycles. The second-order valence-corrected chi connectivity index (χ2v) is 13.2. The fraction of sp³-hybridized carbons (Fsp3) is 1.00. The zero-order valence-corrected chi connectivity index (χ0v) is 24.9. The number of hydrogen-bond donors (Lipinski definition) is 2. The van der Waals surface area contributed by atoms with Gasteiger partial charge in [-0.3, -0.25) is 18.1 Å². The molecule has 0 fully saturated rings. The van der Waals surface area contributed by atoms with E-state index < -0.39 is 21.2 Å². The van der Waals surface area contributed by atoms with Crippen molar-refractivity contribution in [2.45, 2.75) is 33.3 Å². The summed E-state index contributed by atoms with van der Waals surface area (Å²) in [7, 11) is -5.26. The van der Waals surface area contributed by atoms with Crippen LogP contribution in [0.2, 0.25) is 0 Å². The summed E-state index contributed by atoms with van der Waals surface area (Å²) in [6, 6.07) is 0. The molecule has 218 valence electrons. The van der Waals surface area contributed by atoms with Crippen molar-refractivity contribution < 1.29 is 60.7 Å². The monoisotopic (exact) mass is 604 g/mol. The maximum absolute atomic E-state index is 11.6. The first-order chi connectivity index (χ1) is 17.0. The Morgan fingerprint density at radius 3 is 1.31 bits per heavy atom. The summed E-state index contributed by atoms with van der Waals surface area (Å²) in [6.07, 6.45) is 0. The lowest BCUT2D eigenvalue weighted by Gasteiger charge is -2.22. The summed E-state index contributed by atoms with van der Waals surface area (Å²) in [5, 5.41) is 0. The standard InChI is InChI=1S/C19H42O13P2S2/c1-5-35-36-18-31-33(20,21)29-16-14-27-12-10-25-8-6-24-7-9-26-11-13-28-15-17-30-34(22,23)32-19(2,3)4/h5-18H2,1-4H3,(H,20,21)(H,22,23). The van der Waals surface area contributed by atoms with Crippen LogP contribution in [0, 0.1) is 0 Å². The first-order valence-corrected chi connectivity index (χ1v) is 16.9. The van der Waals surface area contributed by atoms with Crippen LogP contribution in [-0.4, -0.2) is 106 Å². The summed E-state index contributed by atoms with van der Waals surface area (Å²) < 4.78 is 69.1. The van der Waals surface area contributed by atoms with Gasteiger partial charge in [-0.05, 0) is 20.8 Å². The lowest BCUT2D eigenvalue weighted by Crippen LogP contribution is -2.19. The second-order valence-electron chi connectivity index (χ2n) is 7.64. The van der Waals surface area contributed by atoms with Crippen LogP contribution in [0.1, 0.15) is 27.7 Å². The SMILES string of the molecule is CCSSCOP(=O)(O)OCCOCCOCCOCCOCCOCCOP(=O)(O)OC(C)(C)C. The highest BCUT2D eigenvalue weighted by molar-refractivity contribution is 8.76. The number of rotatable bonds is 26. The first-order valence-electron chi connectivity index (χ1n) is 11.4. The predicted octanol–water partition coefficient (Wildman–Crippen LogP) is 3.49. The van der Waals surface area contributed by atoms with E-state index in [1.807, 2.05) is 6.92 Å². The minimum absolute atomic E-state index is 0.0571. The summed E-state index contributed by atoms with van der Waals surface area (Å²) in [4.78, 5) is 19.0. The molecule has 0 bridgehead atoms. The van der Waals surface area contributed by atoms with Crippen LogP contribution in [-0.2, 0) is 50.9 Å². The maximum atomic E-state index is 11.6. The van der Waals surface area contributed by atoms with Gasteiger partial charge in [0.15, 0.2) is 0 Å². The maximum Gasteiger partial charge on any atom is 0.473 e. The minimum atomic E-state index is -4.09. The van der Waals surface area contributed by atoms with E-state index in [0.717, 1.165) is 5.75 Å². The molecule has 0 spiro atoms. The third-order valence-electron chi connectivity index (χ3n) is 3.31. The Balaban J connectivity index is 3.32. The van der Waals surface area contributed by atoms with Gasteiger partial charge in [-0.15, -0.1) is 0 Å². The average molecular weight is 605 g/mol. The van der Waals surface area contributed by atoms with Crippen molar-refractivity contribution in [1.82, 2.24) is 0 Å². The van der Waals surface area contributed by atoms with Crippen molar-refractivity contribution in [2.75, 3.05) is 91.0 Å². The van der Waals surface area contributed by atoms with Crippen LogP contribution < -0.4 is 0 Å². The average Bonchev–Trinajstić information content (AvgIpc) is 2.76. The van der Waals surface area contributed by atoms with Gasteiger partial charge in [0, 0.05) is 5.75 Å². The van der Waals surface area contributed by atoms with Crippen molar-refractivity contribution in [1.29, 1.82) is 0 Å². The first kappa shape index (κ1) is 36.7. The van der Waals surface area contributed by atoms with E-state index in [-0.39, 0.29) is 32.4 Å². The molecule has 17 heteroatoms. The van der Waals surface area contributed by atoms with Gasteiger partial charge in [-0.2, -0.15) is 0 Å². The van der Waals surface area contributed by atoms with Crippen molar-refractivity contribution in [3.8, 4) is 0 Å². The highest BCUT2D eigenvalue weighted by Crippen LogP contribution is 2.47. The summed E-state index contributed by atoms with van der Waals surface area (Å²) >= 11 is 0. The predicted molar refractivity (Wildman–Crippen MR) is 138 cm³/mol. The van der Waals surface area contributed by atoms with Crippen molar-refractivity contribution in [3.05, 3.63) is 0 Å². The third-order valence-corrected chi connectivity index (χ3v) is 7.85. The van der Waals surface area contributed by atoms with Crippen LogP contribution in [0.5, 0.6) is 0 Å². The number of phosphoric acid groups is 2. The van der Waals surface area contributed by atoms with E-state index in [2.05, 4.69) is 0 Å². The summed E-state index contributed by atoms with van der Waals surface area (Å²) in [6.45, 7) is 10.0. The van der Waals surface area contributed by atoms with Crippen molar-refractivity contribution >= 4 is 37.2 Å². The normalized spacial score (nSPS) is 15.6. The molecule has 13 nitrogen and oxygen atoms in total. The molecule has 36 heavy (non-hydrogen) atoms. The van der Waals surface area contributed by atoms with Crippen LogP contribution in [0.25, 0.3) is 0 Å². The lowest BCUT2D eigenvalue weighted by atomic mass is 10.2. The van der Waals surface area contributed by atoms with Gasteiger partial charge in [-0.1, -0.05) is 28.5 Å². The molecular formula is C19H42O13P2S2. The molecule has 0 aromatic heterocycles. The van der Waals surface area contributed by atoms with Gasteiger partial charge in [0.25, 0.3) is 0 Å². The molecule has 0 aromatic carbocycles. The number of phosphoric ester groups is 2. The largest absolute Gasteiger partial charge is 0.473 e. The van der Waals surface area contributed by atoms with E-state index in [9.17, 15) is 18.9 Å². The smallest absolute Gasteiger partial charge is 0.377 e. The van der Waals surface area contributed by atoms with E-state index in [1.54, 1.807) is 20.8 Å². The molecule has 2 unspecified atom stereocenters. The van der Waals surface area contributed by atoms with E-state index in [1.165, 1.54) is 21.6 Å². The Morgan fingerprint density at radius 2 is 0.944 bits per heavy atom. The van der Waals surface area contributed by atoms with E-state index >= 15 is 0 Å². The fourth-order valence-electron chi connectivity index (χ4n) is 2.02. The zero-order valence-electron chi connectivity index (χ0n) is 21.5. The molecule has 2 atom stereocenters. The van der Waals surface area contributed by atoms with Gasteiger partial charge in [0.05, 0.1) is 84.9 Å². The molecule has 0 saturated carbocycles. The van der Waals surface area contributed by atoms with Crippen LogP contribution >= 0.6 is 37.2 Å². The quantitative estimate of drug-likeness (QED) is 0.0639. The van der Waals surface area contributed by atoms with Crippen molar-refractivity contribution in [2.24, 2.45) is 0 Å². The Kier molecular flexibility index (Phi) is 23.0. The Bertz CT molecular complexity index is 610. The topological polar surface area (TPSA) is 158 Å². The van der Waals surface area contributed by atoms with Crippen LogP contribution in [0.3, 0.4) is 0 Å².